The summed E-state index contributed by atoms with van der Waals surface area (Å²) < 4.78 is 2.52. The predicted molar refractivity (Wildman–Crippen MR) is 59.1 cm³/mol. The van der Waals surface area contributed by atoms with E-state index in [2.05, 4.69) is 40.7 Å². The van der Waals surface area contributed by atoms with Gasteiger partial charge in [-0.25, -0.2) is 4.68 Å². The third-order valence-electron chi connectivity index (χ3n) is 2.42. The Morgan fingerprint density at radius 1 is 1.54 bits per heavy atom. The van der Waals surface area contributed by atoms with Gasteiger partial charge in [0.1, 0.15) is 13.4 Å². The van der Waals surface area contributed by atoms with Crippen LogP contribution in [0.3, 0.4) is 0 Å². The molecule has 0 aliphatic rings. The third-order valence-corrected chi connectivity index (χ3v) is 5.90. The van der Waals surface area contributed by atoms with E-state index in [1.165, 1.54) is 0 Å². The predicted octanol–water partition coefficient (Wildman–Crippen LogP) is 2.19. The summed E-state index contributed by atoms with van der Waals surface area (Å²) in [6.07, 6.45) is 3.49. The van der Waals surface area contributed by atoms with E-state index in [1.807, 2.05) is 6.92 Å². The second-order valence-electron chi connectivity index (χ2n) is 4.37. The lowest BCUT2D eigenvalue weighted by Gasteiger charge is -2.35. The molecule has 1 N–H and O–H groups in total. The van der Waals surface area contributed by atoms with Gasteiger partial charge in [0.25, 0.3) is 0 Å². The lowest BCUT2D eigenvalue weighted by Crippen LogP contribution is -2.51. The topological polar surface area (TPSA) is 38.0 Å². The number of aliphatic hydroxyl groups is 1. The highest BCUT2D eigenvalue weighted by Gasteiger charge is 2.39. The Bertz CT molecular complexity index is 303. The molecule has 1 heterocycles. The normalized spacial score (nSPS) is 17.1. The van der Waals surface area contributed by atoms with E-state index in [0.717, 1.165) is 4.47 Å². The zero-order valence-electron chi connectivity index (χ0n) is 8.37. The number of halogens is 1. The molecule has 0 saturated carbocycles. The molecule has 0 spiro atoms. The van der Waals surface area contributed by atoms with Gasteiger partial charge in [-0.3, -0.25) is 0 Å². The highest BCUT2D eigenvalue weighted by molar-refractivity contribution is 9.10. The zero-order chi connectivity index (χ0) is 10.3. The fraction of sp³-hybridized carbons (Fsp3) is 0.625. The molecule has 3 nitrogen and oxygen atoms in total. The molecule has 0 aliphatic heterocycles. The van der Waals surface area contributed by atoms with E-state index in [0.29, 0.717) is 0 Å². The number of hydrogen-bond acceptors (Lipinski definition) is 2. The first-order valence-corrected chi connectivity index (χ1v) is 8.47. The zero-order valence-corrected chi connectivity index (χ0v) is 11.0. The first-order chi connectivity index (χ1) is 5.75. The van der Waals surface area contributed by atoms with Crippen LogP contribution in [0.5, 0.6) is 0 Å². The van der Waals surface area contributed by atoms with Gasteiger partial charge in [0.05, 0.1) is 10.7 Å². The lowest BCUT2D eigenvalue weighted by molar-refractivity contribution is 0.0460. The molecule has 0 saturated heterocycles. The maximum atomic E-state index is 10.3. The van der Waals surface area contributed by atoms with Crippen LogP contribution in [0.2, 0.25) is 19.6 Å². The van der Waals surface area contributed by atoms with E-state index in [1.54, 1.807) is 17.1 Å². The van der Waals surface area contributed by atoms with Crippen LogP contribution < -0.4 is 0 Å². The van der Waals surface area contributed by atoms with Crippen molar-refractivity contribution in [2.75, 3.05) is 0 Å². The van der Waals surface area contributed by atoms with Crippen LogP contribution in [-0.2, 0) is 5.35 Å². The molecule has 1 aromatic rings. The smallest absolute Gasteiger partial charge is 0.139 e. The van der Waals surface area contributed by atoms with Crippen molar-refractivity contribution in [3.8, 4) is 0 Å². The van der Waals surface area contributed by atoms with Crippen molar-refractivity contribution < 1.29 is 5.11 Å². The summed E-state index contributed by atoms with van der Waals surface area (Å²) in [6, 6.07) is 0. The Kier molecular flexibility index (Phi) is 2.71. The molecule has 74 valence electrons. The first kappa shape index (κ1) is 10.9. The number of rotatable bonds is 2. The summed E-state index contributed by atoms with van der Waals surface area (Å²) in [5, 5.41) is 13.6. The van der Waals surface area contributed by atoms with Crippen molar-refractivity contribution in [1.82, 2.24) is 9.78 Å². The summed E-state index contributed by atoms with van der Waals surface area (Å²) in [6.45, 7) is 8.16. The van der Waals surface area contributed by atoms with E-state index >= 15 is 0 Å². The summed E-state index contributed by atoms with van der Waals surface area (Å²) in [4.78, 5) is 0. The third kappa shape index (κ3) is 2.03. The Balaban J connectivity index is 3.07. The second kappa shape index (κ2) is 3.22. The molecule has 0 radical (unpaired) electrons. The standard InChI is InChI=1S/C8H15BrN2OSi/c1-8(12,13(2,3)4)11-6-7(9)5-10-11/h5-6,12H,1-4H3. The largest absolute Gasteiger partial charge is 0.373 e. The van der Waals surface area contributed by atoms with E-state index in [4.69, 9.17) is 0 Å². The van der Waals surface area contributed by atoms with Gasteiger partial charge < -0.3 is 5.11 Å². The molecule has 13 heavy (non-hydrogen) atoms. The number of aromatic nitrogens is 2. The van der Waals surface area contributed by atoms with Crippen LogP contribution in [0.1, 0.15) is 6.92 Å². The number of hydrogen-bond donors (Lipinski definition) is 1. The van der Waals surface area contributed by atoms with Gasteiger partial charge in [-0.05, 0) is 22.9 Å². The summed E-state index contributed by atoms with van der Waals surface area (Å²) in [5.41, 5.74) is 0. The van der Waals surface area contributed by atoms with E-state index in [9.17, 15) is 5.11 Å². The molecule has 5 heteroatoms. The fourth-order valence-electron chi connectivity index (χ4n) is 0.883. The highest BCUT2D eigenvalue weighted by atomic mass is 79.9. The van der Waals surface area contributed by atoms with Gasteiger partial charge in [-0.1, -0.05) is 19.6 Å². The quantitative estimate of drug-likeness (QED) is 0.830. The average molecular weight is 263 g/mol. The number of nitrogens with zero attached hydrogens (tertiary/aromatic N) is 2. The maximum absolute atomic E-state index is 10.3. The fourth-order valence-corrected chi connectivity index (χ4v) is 1.98. The van der Waals surface area contributed by atoms with Crippen molar-refractivity contribution >= 4 is 24.0 Å². The molecule has 1 unspecified atom stereocenters. The minimum Gasteiger partial charge on any atom is -0.373 e. The van der Waals surface area contributed by atoms with Crippen LogP contribution in [0.4, 0.5) is 0 Å². The Morgan fingerprint density at radius 2 is 2.08 bits per heavy atom. The van der Waals surface area contributed by atoms with Crippen LogP contribution in [0.15, 0.2) is 16.9 Å². The molecule has 1 aromatic heterocycles. The first-order valence-electron chi connectivity index (χ1n) is 4.18. The van der Waals surface area contributed by atoms with Crippen LogP contribution >= 0.6 is 15.9 Å². The molecule has 0 fully saturated rings. The van der Waals surface area contributed by atoms with Crippen molar-refractivity contribution in [2.24, 2.45) is 0 Å². The van der Waals surface area contributed by atoms with E-state index in [-0.39, 0.29) is 0 Å². The van der Waals surface area contributed by atoms with Crippen molar-refractivity contribution in [1.29, 1.82) is 0 Å². The molecular weight excluding hydrogens is 248 g/mol. The Hall–Kier alpha value is -0.133. The van der Waals surface area contributed by atoms with Crippen molar-refractivity contribution in [3.63, 3.8) is 0 Å². The van der Waals surface area contributed by atoms with Gasteiger partial charge in [0, 0.05) is 6.20 Å². The average Bonchev–Trinajstić information content (AvgIpc) is 2.33. The van der Waals surface area contributed by atoms with Crippen LogP contribution in [0, 0.1) is 0 Å². The molecule has 0 amide bonds. The minimum atomic E-state index is -1.68. The van der Waals surface area contributed by atoms with E-state index < -0.39 is 13.4 Å². The minimum absolute atomic E-state index is 0.834. The van der Waals surface area contributed by atoms with Gasteiger partial charge in [0.2, 0.25) is 0 Å². The molecule has 0 aliphatic carbocycles. The molecule has 1 atom stereocenters. The molecule has 0 bridgehead atoms. The Morgan fingerprint density at radius 3 is 2.38 bits per heavy atom. The van der Waals surface area contributed by atoms with Crippen molar-refractivity contribution in [3.05, 3.63) is 16.9 Å². The van der Waals surface area contributed by atoms with Crippen LogP contribution in [-0.4, -0.2) is 23.0 Å². The summed E-state index contributed by atoms with van der Waals surface area (Å²) in [5.74, 6) is 0. The SMILES string of the molecule is CC(O)(n1cc(Br)cn1)[Si](C)(C)C. The molecule has 0 aromatic carbocycles. The van der Waals surface area contributed by atoms with Gasteiger partial charge in [-0.15, -0.1) is 0 Å². The second-order valence-corrected chi connectivity index (χ2v) is 10.7. The summed E-state index contributed by atoms with van der Waals surface area (Å²) in [7, 11) is -1.68. The highest BCUT2D eigenvalue weighted by Crippen LogP contribution is 2.25. The lowest BCUT2D eigenvalue weighted by atomic mass is 10.6. The Labute approximate surface area is 87.9 Å². The van der Waals surface area contributed by atoms with Gasteiger partial charge in [-0.2, -0.15) is 5.10 Å². The summed E-state index contributed by atoms with van der Waals surface area (Å²) >= 11 is 3.31. The monoisotopic (exact) mass is 262 g/mol. The maximum Gasteiger partial charge on any atom is 0.139 e. The van der Waals surface area contributed by atoms with Crippen molar-refractivity contribution in [2.45, 2.75) is 31.9 Å². The molecular formula is C8H15BrN2OSi. The van der Waals surface area contributed by atoms with Gasteiger partial charge in [0.15, 0.2) is 0 Å². The molecule has 1 rings (SSSR count). The van der Waals surface area contributed by atoms with Gasteiger partial charge >= 0.3 is 0 Å². The van der Waals surface area contributed by atoms with Crippen LogP contribution in [0.25, 0.3) is 0 Å².